The number of ether oxygens (including phenoxy) is 2. The van der Waals surface area contributed by atoms with Crippen LogP contribution in [0.1, 0.15) is 11.5 Å². The van der Waals surface area contributed by atoms with Crippen LogP contribution in [-0.2, 0) is 14.3 Å². The van der Waals surface area contributed by atoms with Gasteiger partial charge in [0.2, 0.25) is 0 Å². The second kappa shape index (κ2) is 5.56. The van der Waals surface area contributed by atoms with Gasteiger partial charge in [0.25, 0.3) is 0 Å². The first kappa shape index (κ1) is 11.8. The molecule has 78 valence electrons. The van der Waals surface area contributed by atoms with Crippen LogP contribution >= 0.6 is 0 Å². The molecule has 0 aromatic heterocycles. The van der Waals surface area contributed by atoms with Crippen molar-refractivity contribution in [1.29, 1.82) is 0 Å². The van der Waals surface area contributed by atoms with E-state index in [0.29, 0.717) is 12.1 Å². The van der Waals surface area contributed by atoms with Crippen LogP contribution in [0.15, 0.2) is 24.3 Å². The van der Waals surface area contributed by atoms with E-state index in [-0.39, 0.29) is 11.9 Å². The second-order valence-electron chi connectivity index (χ2n) is 3.20. The SMILES string of the molecule is [B]c1ccc(C(COC)C(=O)OC)cc1. The fourth-order valence-corrected chi connectivity index (χ4v) is 1.34. The van der Waals surface area contributed by atoms with Crippen molar-refractivity contribution < 1.29 is 14.3 Å². The largest absolute Gasteiger partial charge is 0.468 e. The van der Waals surface area contributed by atoms with Crippen LogP contribution < -0.4 is 5.46 Å². The first-order valence-corrected chi connectivity index (χ1v) is 4.61. The smallest absolute Gasteiger partial charge is 0.315 e. The number of esters is 1. The predicted molar refractivity (Wildman–Crippen MR) is 58.5 cm³/mol. The summed E-state index contributed by atoms with van der Waals surface area (Å²) < 4.78 is 9.68. The van der Waals surface area contributed by atoms with Crippen LogP contribution in [-0.4, -0.2) is 34.6 Å². The van der Waals surface area contributed by atoms with Crippen LogP contribution in [0.3, 0.4) is 0 Å². The molecule has 0 aliphatic carbocycles. The zero-order valence-corrected chi connectivity index (χ0v) is 8.90. The van der Waals surface area contributed by atoms with E-state index in [1.54, 1.807) is 31.4 Å². The molecule has 0 saturated heterocycles. The summed E-state index contributed by atoms with van der Waals surface area (Å²) in [7, 11) is 8.47. The van der Waals surface area contributed by atoms with Crippen molar-refractivity contribution in [2.45, 2.75) is 5.92 Å². The Morgan fingerprint density at radius 1 is 1.33 bits per heavy atom. The van der Waals surface area contributed by atoms with Crippen LogP contribution in [0.4, 0.5) is 0 Å². The van der Waals surface area contributed by atoms with E-state index < -0.39 is 0 Å². The molecule has 0 aliphatic heterocycles. The zero-order valence-electron chi connectivity index (χ0n) is 8.90. The fourth-order valence-electron chi connectivity index (χ4n) is 1.34. The summed E-state index contributed by atoms with van der Waals surface area (Å²) in [4.78, 5) is 11.5. The van der Waals surface area contributed by atoms with E-state index in [0.717, 1.165) is 5.56 Å². The molecule has 0 spiro atoms. The van der Waals surface area contributed by atoms with Gasteiger partial charge in [-0.2, -0.15) is 0 Å². The maximum atomic E-state index is 11.5. The molecule has 1 unspecified atom stereocenters. The highest BCUT2D eigenvalue weighted by Gasteiger charge is 2.20. The van der Waals surface area contributed by atoms with Gasteiger partial charge < -0.3 is 9.47 Å². The van der Waals surface area contributed by atoms with Gasteiger partial charge in [0, 0.05) is 7.11 Å². The summed E-state index contributed by atoms with van der Waals surface area (Å²) in [5.41, 5.74) is 1.51. The molecule has 0 aliphatic rings. The topological polar surface area (TPSA) is 35.5 Å². The normalized spacial score (nSPS) is 12.1. The third-order valence-electron chi connectivity index (χ3n) is 2.16. The third kappa shape index (κ3) is 3.10. The minimum atomic E-state index is -0.388. The Kier molecular flexibility index (Phi) is 4.37. The number of carbonyl (C=O) groups excluding carboxylic acids is 1. The van der Waals surface area contributed by atoms with Crippen LogP contribution in [0.5, 0.6) is 0 Å². The number of benzene rings is 1. The van der Waals surface area contributed by atoms with Gasteiger partial charge in [-0.15, -0.1) is 0 Å². The molecular weight excluding hydrogens is 191 g/mol. The van der Waals surface area contributed by atoms with E-state index in [1.165, 1.54) is 7.11 Å². The van der Waals surface area contributed by atoms with Crippen molar-refractivity contribution in [2.24, 2.45) is 0 Å². The molecule has 0 N–H and O–H groups in total. The maximum absolute atomic E-state index is 11.5. The fraction of sp³-hybridized carbons (Fsp3) is 0.364. The molecule has 0 amide bonds. The van der Waals surface area contributed by atoms with Gasteiger partial charge in [0.15, 0.2) is 0 Å². The lowest BCUT2D eigenvalue weighted by Crippen LogP contribution is -2.19. The molecule has 4 heteroatoms. The summed E-state index contributed by atoms with van der Waals surface area (Å²) in [6.07, 6.45) is 0. The Morgan fingerprint density at radius 3 is 2.40 bits per heavy atom. The molecule has 0 fully saturated rings. The summed E-state index contributed by atoms with van der Waals surface area (Å²) in [5.74, 6) is -0.692. The molecule has 0 saturated carbocycles. The summed E-state index contributed by atoms with van der Waals surface area (Å²) in [6.45, 7) is 0.302. The quantitative estimate of drug-likeness (QED) is 0.525. The highest BCUT2D eigenvalue weighted by molar-refractivity contribution is 6.32. The lowest BCUT2D eigenvalue weighted by atomic mass is 9.92. The Hall–Kier alpha value is -1.29. The van der Waals surface area contributed by atoms with Gasteiger partial charge in [0.05, 0.1) is 13.7 Å². The minimum Gasteiger partial charge on any atom is -0.468 e. The average molecular weight is 204 g/mol. The molecule has 0 bridgehead atoms. The molecule has 3 nitrogen and oxygen atoms in total. The van der Waals surface area contributed by atoms with Gasteiger partial charge in [-0.05, 0) is 5.56 Å². The lowest BCUT2D eigenvalue weighted by Gasteiger charge is -2.14. The van der Waals surface area contributed by atoms with E-state index >= 15 is 0 Å². The first-order chi connectivity index (χ1) is 7.19. The van der Waals surface area contributed by atoms with E-state index in [1.807, 2.05) is 0 Å². The molecule has 2 radical (unpaired) electrons. The number of hydrogen-bond donors (Lipinski definition) is 0. The molecule has 1 aromatic rings. The summed E-state index contributed by atoms with van der Waals surface area (Å²) >= 11 is 0. The number of carbonyl (C=O) groups is 1. The molecule has 1 rings (SSSR count). The monoisotopic (exact) mass is 204 g/mol. The standard InChI is InChI=1S/C11H13BO3/c1-14-7-10(11(13)15-2)8-3-5-9(12)6-4-8/h3-6,10H,7H2,1-2H3. The van der Waals surface area contributed by atoms with Crippen LogP contribution in [0.25, 0.3) is 0 Å². The summed E-state index contributed by atoms with van der Waals surface area (Å²) in [5, 5.41) is 0. The number of hydrogen-bond acceptors (Lipinski definition) is 3. The van der Waals surface area contributed by atoms with Crippen molar-refractivity contribution in [3.63, 3.8) is 0 Å². The van der Waals surface area contributed by atoms with Crippen molar-refractivity contribution in [3.05, 3.63) is 29.8 Å². The van der Waals surface area contributed by atoms with Crippen molar-refractivity contribution in [2.75, 3.05) is 20.8 Å². The van der Waals surface area contributed by atoms with E-state index in [9.17, 15) is 4.79 Å². The number of methoxy groups -OCH3 is 2. The van der Waals surface area contributed by atoms with Crippen LogP contribution in [0.2, 0.25) is 0 Å². The van der Waals surface area contributed by atoms with Gasteiger partial charge in [-0.25, -0.2) is 0 Å². The van der Waals surface area contributed by atoms with Crippen molar-refractivity contribution in [3.8, 4) is 0 Å². The Labute approximate surface area is 90.8 Å². The molecular formula is C11H13BO3. The average Bonchev–Trinajstić information content (AvgIpc) is 2.26. The predicted octanol–water partition coefficient (Wildman–Crippen LogP) is 0.383. The van der Waals surface area contributed by atoms with E-state index in [4.69, 9.17) is 17.3 Å². The molecule has 1 aromatic carbocycles. The highest BCUT2D eigenvalue weighted by atomic mass is 16.5. The molecule has 1 atom stereocenters. The second-order valence-corrected chi connectivity index (χ2v) is 3.20. The zero-order chi connectivity index (χ0) is 11.3. The maximum Gasteiger partial charge on any atom is 0.315 e. The van der Waals surface area contributed by atoms with Crippen molar-refractivity contribution in [1.82, 2.24) is 0 Å². The van der Waals surface area contributed by atoms with Gasteiger partial charge in [0.1, 0.15) is 13.8 Å². The van der Waals surface area contributed by atoms with Crippen molar-refractivity contribution >= 4 is 19.3 Å². The molecule has 15 heavy (non-hydrogen) atoms. The van der Waals surface area contributed by atoms with Gasteiger partial charge >= 0.3 is 5.97 Å². The minimum absolute atomic E-state index is 0.302. The van der Waals surface area contributed by atoms with E-state index in [2.05, 4.69) is 0 Å². The van der Waals surface area contributed by atoms with Gasteiger partial charge in [-0.3, -0.25) is 4.79 Å². The Bertz CT molecular complexity index is 321. The van der Waals surface area contributed by atoms with Gasteiger partial charge in [-0.1, -0.05) is 29.7 Å². The Balaban J connectivity index is 2.88. The molecule has 0 heterocycles. The number of rotatable bonds is 4. The highest BCUT2D eigenvalue weighted by Crippen LogP contribution is 2.16. The third-order valence-corrected chi connectivity index (χ3v) is 2.16. The first-order valence-electron chi connectivity index (χ1n) is 4.61. The van der Waals surface area contributed by atoms with Crippen LogP contribution in [0, 0.1) is 0 Å². The lowest BCUT2D eigenvalue weighted by molar-refractivity contribution is -0.143. The Morgan fingerprint density at radius 2 is 1.93 bits per heavy atom. The summed E-state index contributed by atoms with van der Waals surface area (Å²) in [6, 6.07) is 7.10.